The van der Waals surface area contributed by atoms with Crippen LogP contribution in [0.15, 0.2) is 70.2 Å². The molecule has 0 atom stereocenters. The van der Waals surface area contributed by atoms with Crippen molar-refractivity contribution < 1.29 is 32.2 Å². The lowest BCUT2D eigenvalue weighted by molar-refractivity contribution is -0.137. The SMILES string of the molecule is CCOc1cc(C=NNC(=O)C(=O)Nc2cccc(C(F)(F)F)c2)cc(Br)c1OCc1ccccc1Cl. The van der Waals surface area contributed by atoms with E-state index in [1.54, 1.807) is 25.1 Å². The number of carbonyl (C=O) groups excluding carboxylic acids is 2. The van der Waals surface area contributed by atoms with Crippen molar-refractivity contribution in [2.75, 3.05) is 11.9 Å². The van der Waals surface area contributed by atoms with Crippen molar-refractivity contribution in [1.29, 1.82) is 0 Å². The predicted octanol–water partition coefficient (Wildman–Crippen LogP) is 6.19. The van der Waals surface area contributed by atoms with Gasteiger partial charge in [0.05, 0.1) is 22.9 Å². The van der Waals surface area contributed by atoms with Gasteiger partial charge in [-0.2, -0.15) is 18.3 Å². The number of ether oxygens (including phenoxy) is 2. The highest BCUT2D eigenvalue weighted by Crippen LogP contribution is 2.37. The van der Waals surface area contributed by atoms with Crippen LogP contribution < -0.4 is 20.2 Å². The molecule has 0 heterocycles. The van der Waals surface area contributed by atoms with Gasteiger partial charge in [0.25, 0.3) is 0 Å². The van der Waals surface area contributed by atoms with E-state index in [2.05, 4.69) is 26.3 Å². The van der Waals surface area contributed by atoms with Crippen molar-refractivity contribution >= 4 is 51.2 Å². The standard InChI is InChI=1S/C25H20BrClF3N3O4/c1-2-36-21-11-15(10-19(26)22(21)37-14-16-6-3-4-9-20(16)27)13-31-33-24(35)23(34)32-18-8-5-7-17(12-18)25(28,29)30/h3-13H,2,14H2,1H3,(H,32,34)(H,33,35). The number of amides is 2. The molecule has 0 saturated heterocycles. The maximum atomic E-state index is 12.8. The van der Waals surface area contributed by atoms with Crippen molar-refractivity contribution in [3.8, 4) is 11.5 Å². The number of anilines is 1. The van der Waals surface area contributed by atoms with Crippen LogP contribution in [0.5, 0.6) is 11.5 Å². The Morgan fingerprint density at radius 2 is 1.81 bits per heavy atom. The van der Waals surface area contributed by atoms with Gasteiger partial charge in [0.1, 0.15) is 6.61 Å². The topological polar surface area (TPSA) is 89.0 Å². The molecule has 0 unspecified atom stereocenters. The monoisotopic (exact) mass is 597 g/mol. The maximum Gasteiger partial charge on any atom is 0.416 e. The smallest absolute Gasteiger partial charge is 0.416 e. The summed E-state index contributed by atoms with van der Waals surface area (Å²) in [6.45, 7) is 2.35. The first kappa shape index (κ1) is 28.0. The lowest BCUT2D eigenvalue weighted by atomic mass is 10.2. The molecule has 194 valence electrons. The van der Waals surface area contributed by atoms with Gasteiger partial charge in [0, 0.05) is 16.3 Å². The van der Waals surface area contributed by atoms with Crippen LogP contribution in [0, 0.1) is 0 Å². The van der Waals surface area contributed by atoms with Crippen LogP contribution in [-0.2, 0) is 22.4 Å². The zero-order valence-corrected chi connectivity index (χ0v) is 21.6. The Bertz CT molecular complexity index is 1320. The van der Waals surface area contributed by atoms with Crippen molar-refractivity contribution in [1.82, 2.24) is 5.43 Å². The van der Waals surface area contributed by atoms with E-state index in [1.807, 2.05) is 23.6 Å². The summed E-state index contributed by atoms with van der Waals surface area (Å²) < 4.78 is 50.6. The second-order valence-electron chi connectivity index (χ2n) is 7.37. The average Bonchev–Trinajstić information content (AvgIpc) is 2.84. The van der Waals surface area contributed by atoms with E-state index in [0.29, 0.717) is 33.2 Å². The van der Waals surface area contributed by atoms with E-state index in [0.717, 1.165) is 23.8 Å². The van der Waals surface area contributed by atoms with Crippen molar-refractivity contribution in [2.45, 2.75) is 19.7 Å². The van der Waals surface area contributed by atoms with Crippen LogP contribution in [0.1, 0.15) is 23.6 Å². The van der Waals surface area contributed by atoms with Crippen LogP contribution in [0.2, 0.25) is 5.02 Å². The van der Waals surface area contributed by atoms with Crippen LogP contribution >= 0.6 is 27.5 Å². The molecular weight excluding hydrogens is 579 g/mol. The summed E-state index contributed by atoms with van der Waals surface area (Å²) in [5.74, 6) is -1.52. The summed E-state index contributed by atoms with van der Waals surface area (Å²) in [7, 11) is 0. The Hall–Kier alpha value is -3.57. The molecule has 12 heteroatoms. The summed E-state index contributed by atoms with van der Waals surface area (Å²) in [6.07, 6.45) is -3.32. The van der Waals surface area contributed by atoms with E-state index in [4.69, 9.17) is 21.1 Å². The van der Waals surface area contributed by atoms with E-state index in [9.17, 15) is 22.8 Å². The first-order chi connectivity index (χ1) is 17.6. The molecule has 0 fully saturated rings. The molecule has 2 amide bonds. The van der Waals surface area contributed by atoms with Crippen LogP contribution in [-0.4, -0.2) is 24.6 Å². The minimum atomic E-state index is -4.59. The third-order valence-corrected chi connectivity index (χ3v) is 5.65. The average molecular weight is 599 g/mol. The first-order valence-corrected chi connectivity index (χ1v) is 11.9. The van der Waals surface area contributed by atoms with Gasteiger partial charge in [-0.15, -0.1) is 0 Å². The molecule has 3 rings (SSSR count). The van der Waals surface area contributed by atoms with Crippen molar-refractivity contribution in [3.05, 3.63) is 86.8 Å². The quantitative estimate of drug-likeness (QED) is 0.184. The highest BCUT2D eigenvalue weighted by atomic mass is 79.9. The number of hydrogen-bond donors (Lipinski definition) is 2. The maximum absolute atomic E-state index is 12.8. The molecule has 0 spiro atoms. The highest BCUT2D eigenvalue weighted by molar-refractivity contribution is 9.10. The fourth-order valence-corrected chi connectivity index (χ4v) is 3.77. The van der Waals surface area contributed by atoms with E-state index < -0.39 is 23.6 Å². The minimum absolute atomic E-state index is 0.184. The van der Waals surface area contributed by atoms with Crippen LogP contribution in [0.4, 0.5) is 18.9 Å². The zero-order chi connectivity index (χ0) is 27.0. The number of rotatable bonds is 8. The van der Waals surface area contributed by atoms with Crippen molar-refractivity contribution in [3.63, 3.8) is 0 Å². The van der Waals surface area contributed by atoms with Gasteiger partial charge in [0.2, 0.25) is 0 Å². The Labute approximate surface area is 223 Å². The predicted molar refractivity (Wildman–Crippen MR) is 137 cm³/mol. The fraction of sp³-hybridized carbons (Fsp3) is 0.160. The van der Waals surface area contributed by atoms with Gasteiger partial charge in [-0.05, 0) is 64.8 Å². The molecule has 2 N–H and O–H groups in total. The lowest BCUT2D eigenvalue weighted by Gasteiger charge is -2.15. The Morgan fingerprint density at radius 3 is 2.51 bits per heavy atom. The number of benzene rings is 3. The summed E-state index contributed by atoms with van der Waals surface area (Å²) in [5.41, 5.74) is 2.17. The highest BCUT2D eigenvalue weighted by Gasteiger charge is 2.30. The fourth-order valence-electron chi connectivity index (χ4n) is 3.01. The molecule has 37 heavy (non-hydrogen) atoms. The van der Waals surface area contributed by atoms with Gasteiger partial charge in [0.15, 0.2) is 11.5 Å². The third-order valence-electron chi connectivity index (χ3n) is 4.70. The summed E-state index contributed by atoms with van der Waals surface area (Å²) in [4.78, 5) is 24.1. The van der Waals surface area contributed by atoms with Gasteiger partial charge < -0.3 is 14.8 Å². The number of alkyl halides is 3. The molecular formula is C25H20BrClF3N3O4. The Kier molecular flexibility index (Phi) is 9.54. The number of hydrogen-bond acceptors (Lipinski definition) is 5. The Morgan fingerprint density at radius 1 is 1.05 bits per heavy atom. The summed E-state index contributed by atoms with van der Waals surface area (Å²) in [5, 5.41) is 6.40. The molecule has 0 aromatic heterocycles. The second kappa shape index (κ2) is 12.6. The van der Waals surface area contributed by atoms with Crippen molar-refractivity contribution in [2.24, 2.45) is 5.10 Å². The van der Waals surface area contributed by atoms with Crippen LogP contribution in [0.25, 0.3) is 0 Å². The normalized spacial score (nSPS) is 11.3. The zero-order valence-electron chi connectivity index (χ0n) is 19.2. The molecule has 0 aliphatic carbocycles. The molecule has 0 radical (unpaired) electrons. The molecule has 0 bridgehead atoms. The number of hydrazone groups is 1. The van der Waals surface area contributed by atoms with Crippen LogP contribution in [0.3, 0.4) is 0 Å². The number of halogens is 5. The van der Waals surface area contributed by atoms with E-state index in [1.165, 1.54) is 12.3 Å². The van der Waals surface area contributed by atoms with Gasteiger partial charge in [-0.25, -0.2) is 5.43 Å². The number of carbonyl (C=O) groups is 2. The molecule has 7 nitrogen and oxygen atoms in total. The van der Waals surface area contributed by atoms with E-state index in [-0.39, 0.29) is 12.3 Å². The second-order valence-corrected chi connectivity index (χ2v) is 8.64. The molecule has 0 saturated carbocycles. The summed E-state index contributed by atoms with van der Waals surface area (Å²) in [6, 6.07) is 14.4. The van der Waals surface area contributed by atoms with Gasteiger partial charge >= 0.3 is 18.0 Å². The molecule has 3 aromatic carbocycles. The number of nitrogens with zero attached hydrogens (tertiary/aromatic N) is 1. The summed E-state index contributed by atoms with van der Waals surface area (Å²) >= 11 is 9.61. The largest absolute Gasteiger partial charge is 0.490 e. The number of nitrogens with one attached hydrogen (secondary N) is 2. The van der Waals surface area contributed by atoms with Gasteiger partial charge in [-0.3, -0.25) is 9.59 Å². The third kappa shape index (κ3) is 7.96. The molecule has 0 aliphatic heterocycles. The minimum Gasteiger partial charge on any atom is -0.490 e. The molecule has 3 aromatic rings. The lowest BCUT2D eigenvalue weighted by Crippen LogP contribution is -2.32. The van der Waals surface area contributed by atoms with Gasteiger partial charge in [-0.1, -0.05) is 35.9 Å². The first-order valence-electron chi connectivity index (χ1n) is 10.7. The molecule has 0 aliphatic rings. The Balaban J connectivity index is 1.65. The van der Waals surface area contributed by atoms with E-state index >= 15 is 0 Å².